The molecule has 2 aliphatic rings. The maximum Gasteiger partial charge on any atom is 0.264 e. The van der Waals surface area contributed by atoms with E-state index in [-0.39, 0.29) is 24.1 Å². The molecule has 0 bridgehead atoms. The van der Waals surface area contributed by atoms with Crippen LogP contribution in [0.3, 0.4) is 0 Å². The molecule has 2 aliphatic heterocycles. The topological polar surface area (TPSA) is 79.4 Å². The summed E-state index contributed by atoms with van der Waals surface area (Å²) in [5.41, 5.74) is 2.36. The Labute approximate surface area is 222 Å². The van der Waals surface area contributed by atoms with Crippen LogP contribution in [0.2, 0.25) is 5.02 Å². The van der Waals surface area contributed by atoms with Crippen molar-refractivity contribution >= 4 is 33.2 Å². The standard InChI is InChI=1S/C27H28ClN3O5S/c1-20-4-2-3-5-24(20)31(37(33,34)23-9-7-22(28)8-10-23)18-27(32)30-14-12-29(13-15-30)17-21-6-11-25-26(16-21)36-19-35-25/h2-11,16H,12-15,17-19H2,1H3. The summed E-state index contributed by atoms with van der Waals surface area (Å²) in [6.45, 7) is 4.95. The molecule has 3 aromatic rings. The van der Waals surface area contributed by atoms with Gasteiger partial charge >= 0.3 is 0 Å². The number of amides is 1. The first-order valence-corrected chi connectivity index (χ1v) is 13.9. The number of halogens is 1. The number of ether oxygens (including phenoxy) is 2. The van der Waals surface area contributed by atoms with Crippen LogP contribution in [0, 0.1) is 6.92 Å². The Morgan fingerprint density at radius 2 is 1.65 bits per heavy atom. The number of aryl methyl sites for hydroxylation is 1. The fraction of sp³-hybridized carbons (Fsp3) is 0.296. The van der Waals surface area contributed by atoms with E-state index in [0.29, 0.717) is 36.9 Å². The van der Waals surface area contributed by atoms with Crippen LogP contribution in [0.25, 0.3) is 0 Å². The normalized spacial score (nSPS) is 15.6. The van der Waals surface area contributed by atoms with Crippen molar-refractivity contribution in [2.24, 2.45) is 0 Å². The second kappa shape index (κ2) is 10.6. The van der Waals surface area contributed by atoms with Crippen molar-refractivity contribution in [3.8, 4) is 11.5 Å². The highest BCUT2D eigenvalue weighted by Gasteiger charge is 2.31. The van der Waals surface area contributed by atoms with Crippen LogP contribution in [0.4, 0.5) is 5.69 Å². The first-order chi connectivity index (χ1) is 17.8. The molecule has 0 atom stereocenters. The molecule has 2 heterocycles. The molecule has 5 rings (SSSR count). The second-order valence-corrected chi connectivity index (χ2v) is 11.4. The fourth-order valence-corrected chi connectivity index (χ4v) is 6.16. The van der Waals surface area contributed by atoms with Gasteiger partial charge in [0.25, 0.3) is 10.0 Å². The molecule has 37 heavy (non-hydrogen) atoms. The molecule has 1 fully saturated rings. The van der Waals surface area contributed by atoms with E-state index in [4.69, 9.17) is 21.1 Å². The molecule has 0 unspecified atom stereocenters. The Balaban J connectivity index is 1.28. The van der Waals surface area contributed by atoms with Crippen LogP contribution < -0.4 is 13.8 Å². The molecular weight excluding hydrogens is 514 g/mol. The van der Waals surface area contributed by atoms with E-state index in [9.17, 15) is 13.2 Å². The number of nitrogens with zero attached hydrogens (tertiary/aromatic N) is 3. The Bertz CT molecular complexity index is 1390. The fourth-order valence-electron chi connectivity index (χ4n) is 4.55. The Hall–Kier alpha value is -3.27. The average molecular weight is 542 g/mol. The highest BCUT2D eigenvalue weighted by atomic mass is 35.5. The van der Waals surface area contributed by atoms with Crippen molar-refractivity contribution < 1.29 is 22.7 Å². The van der Waals surface area contributed by atoms with E-state index >= 15 is 0 Å². The quantitative estimate of drug-likeness (QED) is 0.451. The van der Waals surface area contributed by atoms with Gasteiger partial charge in [-0.2, -0.15) is 0 Å². The van der Waals surface area contributed by atoms with Gasteiger partial charge in [-0.25, -0.2) is 8.42 Å². The zero-order valence-electron chi connectivity index (χ0n) is 20.5. The van der Waals surface area contributed by atoms with Crippen molar-refractivity contribution in [1.82, 2.24) is 9.80 Å². The van der Waals surface area contributed by atoms with Gasteiger partial charge in [-0.3, -0.25) is 14.0 Å². The first kappa shape index (κ1) is 25.4. The van der Waals surface area contributed by atoms with Crippen molar-refractivity contribution in [1.29, 1.82) is 0 Å². The van der Waals surface area contributed by atoms with Crippen molar-refractivity contribution in [2.45, 2.75) is 18.4 Å². The maximum absolute atomic E-state index is 13.6. The number of carbonyl (C=O) groups excluding carboxylic acids is 1. The average Bonchev–Trinajstić information content (AvgIpc) is 3.36. The highest BCUT2D eigenvalue weighted by Crippen LogP contribution is 2.33. The van der Waals surface area contributed by atoms with Gasteiger partial charge in [0.1, 0.15) is 6.54 Å². The largest absolute Gasteiger partial charge is 0.454 e. The molecular formula is C27H28ClN3O5S. The number of rotatable bonds is 7. The number of carbonyl (C=O) groups is 1. The van der Waals surface area contributed by atoms with Crippen LogP contribution in [0.1, 0.15) is 11.1 Å². The third-order valence-electron chi connectivity index (χ3n) is 6.63. The van der Waals surface area contributed by atoms with Crippen LogP contribution in [-0.4, -0.2) is 63.6 Å². The zero-order valence-corrected chi connectivity index (χ0v) is 22.0. The van der Waals surface area contributed by atoms with Crippen molar-refractivity contribution in [2.75, 3.05) is 43.8 Å². The monoisotopic (exact) mass is 541 g/mol. The van der Waals surface area contributed by atoms with Gasteiger partial charge in [-0.15, -0.1) is 0 Å². The lowest BCUT2D eigenvalue weighted by Gasteiger charge is -2.36. The van der Waals surface area contributed by atoms with Gasteiger partial charge in [0.2, 0.25) is 12.7 Å². The summed E-state index contributed by atoms with van der Waals surface area (Å²) in [6.07, 6.45) is 0. The van der Waals surface area contributed by atoms with Gasteiger partial charge in [-0.05, 0) is 60.5 Å². The van der Waals surface area contributed by atoms with E-state index < -0.39 is 10.0 Å². The number of hydrogen-bond donors (Lipinski definition) is 0. The Morgan fingerprint density at radius 1 is 0.946 bits per heavy atom. The third-order valence-corrected chi connectivity index (χ3v) is 8.66. The Morgan fingerprint density at radius 3 is 2.38 bits per heavy atom. The van der Waals surface area contributed by atoms with Crippen LogP contribution in [-0.2, 0) is 21.4 Å². The van der Waals surface area contributed by atoms with Gasteiger partial charge in [0.05, 0.1) is 10.6 Å². The van der Waals surface area contributed by atoms with Gasteiger partial charge in [-0.1, -0.05) is 35.9 Å². The highest BCUT2D eigenvalue weighted by molar-refractivity contribution is 7.92. The molecule has 0 saturated carbocycles. The Kier molecular flexibility index (Phi) is 7.28. The molecule has 8 nitrogen and oxygen atoms in total. The first-order valence-electron chi connectivity index (χ1n) is 12.0. The summed E-state index contributed by atoms with van der Waals surface area (Å²) in [5.74, 6) is 1.28. The summed E-state index contributed by atoms with van der Waals surface area (Å²) >= 11 is 5.97. The van der Waals surface area contributed by atoms with Crippen molar-refractivity contribution in [3.05, 3.63) is 82.9 Å². The van der Waals surface area contributed by atoms with Gasteiger partial charge in [0.15, 0.2) is 11.5 Å². The zero-order chi connectivity index (χ0) is 26.0. The molecule has 1 amide bonds. The van der Waals surface area contributed by atoms with Crippen LogP contribution >= 0.6 is 11.6 Å². The SMILES string of the molecule is Cc1ccccc1N(CC(=O)N1CCN(Cc2ccc3c(c2)OCO3)CC1)S(=O)(=O)c1ccc(Cl)cc1. The number of anilines is 1. The maximum atomic E-state index is 13.6. The molecule has 0 N–H and O–H groups in total. The van der Waals surface area contributed by atoms with E-state index in [1.54, 1.807) is 17.0 Å². The van der Waals surface area contributed by atoms with E-state index in [0.717, 1.165) is 29.2 Å². The molecule has 10 heteroatoms. The number of piperazine rings is 1. The number of para-hydroxylation sites is 1. The molecule has 0 aliphatic carbocycles. The number of sulfonamides is 1. The second-order valence-electron chi connectivity index (χ2n) is 9.10. The van der Waals surface area contributed by atoms with Crippen molar-refractivity contribution in [3.63, 3.8) is 0 Å². The third kappa shape index (κ3) is 5.53. The number of fused-ring (bicyclic) bond motifs is 1. The predicted molar refractivity (Wildman–Crippen MR) is 142 cm³/mol. The predicted octanol–water partition coefficient (Wildman–Crippen LogP) is 3.92. The number of benzene rings is 3. The minimum Gasteiger partial charge on any atom is -0.454 e. The van der Waals surface area contributed by atoms with Gasteiger partial charge < -0.3 is 14.4 Å². The molecule has 0 aromatic heterocycles. The van der Waals surface area contributed by atoms with Crippen LogP contribution in [0.15, 0.2) is 71.6 Å². The van der Waals surface area contributed by atoms with Gasteiger partial charge in [0, 0.05) is 37.7 Å². The van der Waals surface area contributed by atoms with E-state index in [1.165, 1.54) is 28.6 Å². The molecule has 194 valence electrons. The van der Waals surface area contributed by atoms with Crippen LogP contribution in [0.5, 0.6) is 11.5 Å². The molecule has 3 aromatic carbocycles. The summed E-state index contributed by atoms with van der Waals surface area (Å²) in [6, 6.07) is 19.1. The van der Waals surface area contributed by atoms with E-state index in [1.807, 2.05) is 37.3 Å². The lowest BCUT2D eigenvalue weighted by atomic mass is 10.1. The summed E-state index contributed by atoms with van der Waals surface area (Å²) in [4.78, 5) is 17.5. The molecule has 1 saturated heterocycles. The lowest BCUT2D eigenvalue weighted by Crippen LogP contribution is -2.51. The molecule has 0 spiro atoms. The lowest BCUT2D eigenvalue weighted by molar-refractivity contribution is -0.131. The smallest absolute Gasteiger partial charge is 0.264 e. The minimum absolute atomic E-state index is 0.0847. The number of hydrogen-bond acceptors (Lipinski definition) is 6. The summed E-state index contributed by atoms with van der Waals surface area (Å²) < 4.78 is 39.3. The van der Waals surface area contributed by atoms with E-state index in [2.05, 4.69) is 4.90 Å². The summed E-state index contributed by atoms with van der Waals surface area (Å²) in [7, 11) is -3.99. The summed E-state index contributed by atoms with van der Waals surface area (Å²) in [5, 5.41) is 0.441. The molecule has 0 radical (unpaired) electrons. The minimum atomic E-state index is -3.99.